The second-order valence-electron chi connectivity index (χ2n) is 5.56. The Hall–Kier alpha value is -0.650. The third kappa shape index (κ3) is 3.58. The highest BCUT2D eigenvalue weighted by Gasteiger charge is 2.39. The zero-order chi connectivity index (χ0) is 15.5. The van der Waals surface area contributed by atoms with E-state index in [0.717, 1.165) is 31.4 Å². The average Bonchev–Trinajstić information content (AvgIpc) is 2.44. The van der Waals surface area contributed by atoms with Gasteiger partial charge >= 0.3 is 0 Å². The van der Waals surface area contributed by atoms with Crippen molar-refractivity contribution >= 4 is 15.9 Å². The van der Waals surface area contributed by atoms with E-state index < -0.39 is 0 Å². The summed E-state index contributed by atoms with van der Waals surface area (Å²) in [6.45, 7) is 2.90. The lowest BCUT2D eigenvalue weighted by Gasteiger charge is -2.43. The first kappa shape index (κ1) is 16.7. The van der Waals surface area contributed by atoms with Crippen molar-refractivity contribution in [3.63, 3.8) is 0 Å². The number of ether oxygens (including phenoxy) is 2. The molecular formula is C16H23BrFNO2. The van der Waals surface area contributed by atoms with Gasteiger partial charge in [0, 0.05) is 24.8 Å². The van der Waals surface area contributed by atoms with Crippen LogP contribution in [0.2, 0.25) is 0 Å². The fraction of sp³-hybridized carbons (Fsp3) is 0.625. The highest BCUT2D eigenvalue weighted by Crippen LogP contribution is 2.43. The Labute approximate surface area is 134 Å². The lowest BCUT2D eigenvalue weighted by Crippen LogP contribution is -2.43. The zero-order valence-corrected chi connectivity index (χ0v) is 14.4. The summed E-state index contributed by atoms with van der Waals surface area (Å²) in [4.78, 5) is 0. The van der Waals surface area contributed by atoms with Crippen LogP contribution in [0.15, 0.2) is 16.6 Å². The van der Waals surface area contributed by atoms with Gasteiger partial charge in [-0.25, -0.2) is 4.39 Å². The van der Waals surface area contributed by atoms with Crippen LogP contribution < -0.4 is 10.1 Å². The van der Waals surface area contributed by atoms with Crippen molar-refractivity contribution in [3.05, 3.63) is 28.0 Å². The molecule has 0 aliphatic heterocycles. The maximum absolute atomic E-state index is 13.7. The van der Waals surface area contributed by atoms with Crippen LogP contribution in [0.4, 0.5) is 4.39 Å². The molecule has 1 aliphatic rings. The fourth-order valence-electron chi connectivity index (χ4n) is 2.97. The first-order valence-corrected chi connectivity index (χ1v) is 8.16. The largest absolute Gasteiger partial charge is 0.496 e. The fourth-order valence-corrected chi connectivity index (χ4v) is 3.33. The predicted octanol–water partition coefficient (Wildman–Crippen LogP) is 4.21. The molecule has 0 heterocycles. The van der Waals surface area contributed by atoms with Gasteiger partial charge in [0.1, 0.15) is 11.6 Å². The van der Waals surface area contributed by atoms with E-state index in [-0.39, 0.29) is 17.5 Å². The van der Waals surface area contributed by atoms with Crippen LogP contribution in [0.1, 0.15) is 44.2 Å². The number of benzene rings is 1. The minimum Gasteiger partial charge on any atom is -0.496 e. The molecular weight excluding hydrogens is 337 g/mol. The van der Waals surface area contributed by atoms with Gasteiger partial charge in [-0.05, 0) is 54.2 Å². The summed E-state index contributed by atoms with van der Waals surface area (Å²) in [5, 5.41) is 3.48. The lowest BCUT2D eigenvalue weighted by atomic mass is 9.74. The SMILES string of the molecule is CCNC(CC1(OC)CCC1)c1cc(Br)c(F)cc1OC. The van der Waals surface area contributed by atoms with Crippen LogP contribution in [-0.2, 0) is 4.74 Å². The molecule has 0 radical (unpaired) electrons. The second-order valence-corrected chi connectivity index (χ2v) is 6.42. The molecule has 0 bridgehead atoms. The van der Waals surface area contributed by atoms with Gasteiger partial charge in [0.05, 0.1) is 17.2 Å². The molecule has 1 atom stereocenters. The first-order valence-electron chi connectivity index (χ1n) is 7.36. The van der Waals surface area contributed by atoms with Crippen LogP contribution in [0.25, 0.3) is 0 Å². The van der Waals surface area contributed by atoms with E-state index in [1.165, 1.54) is 12.5 Å². The Morgan fingerprint density at radius 2 is 2.10 bits per heavy atom. The maximum Gasteiger partial charge on any atom is 0.141 e. The van der Waals surface area contributed by atoms with Gasteiger partial charge in [-0.3, -0.25) is 0 Å². The van der Waals surface area contributed by atoms with Crippen LogP contribution in [0.3, 0.4) is 0 Å². The van der Waals surface area contributed by atoms with Crippen molar-refractivity contribution in [2.24, 2.45) is 0 Å². The summed E-state index contributed by atoms with van der Waals surface area (Å²) in [6, 6.07) is 3.33. The van der Waals surface area contributed by atoms with Gasteiger partial charge in [-0.15, -0.1) is 0 Å². The minimum atomic E-state index is -0.309. The Kier molecular flexibility index (Phi) is 5.63. The van der Waals surface area contributed by atoms with Crippen molar-refractivity contribution in [3.8, 4) is 5.75 Å². The lowest BCUT2D eigenvalue weighted by molar-refractivity contribution is -0.0838. The standard InChI is InChI=1S/C16H23BrFNO2/c1-4-19-14(10-16(21-3)6-5-7-16)11-8-12(17)13(18)9-15(11)20-2/h8-9,14,19H,4-7,10H2,1-3H3. The molecule has 1 aromatic rings. The predicted molar refractivity (Wildman–Crippen MR) is 85.3 cm³/mol. The highest BCUT2D eigenvalue weighted by atomic mass is 79.9. The van der Waals surface area contributed by atoms with Crippen molar-refractivity contribution in [1.29, 1.82) is 0 Å². The number of hydrogen-bond acceptors (Lipinski definition) is 3. The van der Waals surface area contributed by atoms with Gasteiger partial charge < -0.3 is 14.8 Å². The van der Waals surface area contributed by atoms with Crippen LogP contribution in [0, 0.1) is 5.82 Å². The van der Waals surface area contributed by atoms with Gasteiger partial charge in [0.2, 0.25) is 0 Å². The summed E-state index contributed by atoms with van der Waals surface area (Å²) < 4.78 is 25.3. The normalized spacial score (nSPS) is 18.1. The molecule has 3 nitrogen and oxygen atoms in total. The Morgan fingerprint density at radius 3 is 2.57 bits per heavy atom. The molecule has 2 rings (SSSR count). The van der Waals surface area contributed by atoms with E-state index in [0.29, 0.717) is 10.2 Å². The number of methoxy groups -OCH3 is 2. The number of halogens is 2. The van der Waals surface area contributed by atoms with E-state index >= 15 is 0 Å². The first-order chi connectivity index (χ1) is 10.0. The molecule has 0 saturated heterocycles. The third-order valence-corrected chi connectivity index (χ3v) is 4.98. The smallest absolute Gasteiger partial charge is 0.141 e. The maximum atomic E-state index is 13.7. The third-order valence-electron chi connectivity index (χ3n) is 4.37. The topological polar surface area (TPSA) is 30.5 Å². The minimum absolute atomic E-state index is 0.0568. The molecule has 1 N–H and O–H groups in total. The van der Waals surface area contributed by atoms with Crippen LogP contribution in [-0.4, -0.2) is 26.4 Å². The molecule has 1 aliphatic carbocycles. The Morgan fingerprint density at radius 1 is 1.38 bits per heavy atom. The van der Waals surface area contributed by atoms with Crippen LogP contribution >= 0.6 is 15.9 Å². The summed E-state index contributed by atoms with van der Waals surface area (Å²) in [6.07, 6.45) is 4.23. The quantitative estimate of drug-likeness (QED) is 0.790. The molecule has 0 aromatic heterocycles. The van der Waals surface area contributed by atoms with E-state index in [1.807, 2.05) is 6.07 Å². The van der Waals surface area contributed by atoms with E-state index in [1.54, 1.807) is 14.2 Å². The molecule has 1 unspecified atom stereocenters. The van der Waals surface area contributed by atoms with Crippen molar-refractivity contribution < 1.29 is 13.9 Å². The number of hydrogen-bond donors (Lipinski definition) is 1. The number of nitrogens with one attached hydrogen (secondary N) is 1. The summed E-state index contributed by atoms with van der Waals surface area (Å²) in [5.74, 6) is 0.267. The molecule has 1 fully saturated rings. The van der Waals surface area contributed by atoms with E-state index in [9.17, 15) is 4.39 Å². The van der Waals surface area contributed by atoms with Crippen molar-refractivity contribution in [2.75, 3.05) is 20.8 Å². The Bertz CT molecular complexity index is 486. The van der Waals surface area contributed by atoms with Gasteiger partial charge in [-0.2, -0.15) is 0 Å². The molecule has 0 spiro atoms. The van der Waals surface area contributed by atoms with E-state index in [2.05, 4.69) is 28.2 Å². The monoisotopic (exact) mass is 359 g/mol. The zero-order valence-electron chi connectivity index (χ0n) is 12.8. The molecule has 21 heavy (non-hydrogen) atoms. The van der Waals surface area contributed by atoms with Gasteiger partial charge in [0.25, 0.3) is 0 Å². The average molecular weight is 360 g/mol. The van der Waals surface area contributed by atoms with Gasteiger partial charge in [-0.1, -0.05) is 6.92 Å². The van der Waals surface area contributed by atoms with E-state index in [4.69, 9.17) is 9.47 Å². The van der Waals surface area contributed by atoms with Crippen molar-refractivity contribution in [1.82, 2.24) is 5.32 Å². The molecule has 118 valence electrons. The second kappa shape index (κ2) is 7.07. The Balaban J connectivity index is 2.31. The van der Waals surface area contributed by atoms with Gasteiger partial charge in [0.15, 0.2) is 0 Å². The highest BCUT2D eigenvalue weighted by molar-refractivity contribution is 9.10. The summed E-state index contributed by atoms with van der Waals surface area (Å²) >= 11 is 3.27. The molecule has 1 aromatic carbocycles. The number of rotatable bonds is 7. The van der Waals surface area contributed by atoms with Crippen molar-refractivity contribution in [2.45, 2.75) is 44.2 Å². The molecule has 5 heteroatoms. The summed E-state index contributed by atoms with van der Waals surface area (Å²) in [7, 11) is 3.35. The molecule has 1 saturated carbocycles. The molecule has 0 amide bonds. The van der Waals surface area contributed by atoms with Crippen LogP contribution in [0.5, 0.6) is 5.75 Å². The summed E-state index contributed by atoms with van der Waals surface area (Å²) in [5.41, 5.74) is 0.912.